The van der Waals surface area contributed by atoms with Gasteiger partial charge in [-0.2, -0.15) is 0 Å². The highest BCUT2D eigenvalue weighted by Crippen LogP contribution is 2.23. The monoisotopic (exact) mass is 286 g/mol. The second-order valence-electron chi connectivity index (χ2n) is 5.49. The summed E-state index contributed by atoms with van der Waals surface area (Å²) in [6.07, 6.45) is 0.915. The minimum atomic E-state index is -0.892. The van der Waals surface area contributed by atoms with Gasteiger partial charge >= 0.3 is 5.97 Å². The van der Waals surface area contributed by atoms with E-state index in [4.69, 9.17) is 18.9 Å². The van der Waals surface area contributed by atoms with Crippen LogP contribution in [-0.2, 0) is 23.7 Å². The largest absolute Gasteiger partial charge is 0.471 e. The van der Waals surface area contributed by atoms with Crippen LogP contribution in [0.5, 0.6) is 0 Å². The van der Waals surface area contributed by atoms with Crippen molar-refractivity contribution in [2.45, 2.75) is 59.2 Å². The normalized spacial score (nSPS) is 13.5. The third-order valence-electron chi connectivity index (χ3n) is 2.18. The summed E-state index contributed by atoms with van der Waals surface area (Å²) in [5.41, 5.74) is 0.355. The molecule has 1 unspecified atom stereocenters. The fourth-order valence-electron chi connectivity index (χ4n) is 1.48. The fraction of sp³-hybridized carbons (Fsp3) is 0.667. The van der Waals surface area contributed by atoms with Gasteiger partial charge in [0.1, 0.15) is 6.10 Å². The van der Waals surface area contributed by atoms with E-state index in [0.29, 0.717) is 5.57 Å². The molecule has 0 rings (SSSR count). The number of esters is 1. The maximum atomic E-state index is 11.4. The smallest absolute Gasteiger partial charge is 0.333 e. The summed E-state index contributed by atoms with van der Waals surface area (Å²) in [5.74, 6) is -2.19. The third-order valence-corrected chi connectivity index (χ3v) is 2.18. The molecule has 0 bridgehead atoms. The van der Waals surface area contributed by atoms with E-state index >= 15 is 0 Å². The molecule has 0 saturated carbocycles. The van der Waals surface area contributed by atoms with Gasteiger partial charge in [0.2, 0.25) is 5.79 Å². The average Bonchev–Trinajstić information content (AvgIpc) is 2.24. The van der Waals surface area contributed by atoms with Crippen molar-refractivity contribution >= 4 is 5.97 Å². The van der Waals surface area contributed by atoms with Crippen LogP contribution in [0, 0.1) is 0 Å². The lowest BCUT2D eigenvalue weighted by Crippen LogP contribution is -2.41. The van der Waals surface area contributed by atoms with E-state index in [-0.39, 0.29) is 6.61 Å². The molecule has 0 radical (unpaired) electrons. The molecule has 1 atom stereocenters. The van der Waals surface area contributed by atoms with Crippen LogP contribution in [0.15, 0.2) is 25.0 Å². The molecule has 0 aromatic heterocycles. The Morgan fingerprint density at radius 3 is 2.25 bits per heavy atom. The molecule has 5 nitrogen and oxygen atoms in total. The Morgan fingerprint density at radius 1 is 1.25 bits per heavy atom. The van der Waals surface area contributed by atoms with Gasteiger partial charge < -0.3 is 18.9 Å². The lowest BCUT2D eigenvalue weighted by molar-refractivity contribution is -0.324. The number of hydrogen-bond acceptors (Lipinski definition) is 5. The van der Waals surface area contributed by atoms with Crippen LogP contribution < -0.4 is 0 Å². The van der Waals surface area contributed by atoms with Gasteiger partial charge in [0.25, 0.3) is 0 Å². The van der Waals surface area contributed by atoms with E-state index in [1.807, 2.05) is 0 Å². The second-order valence-corrected chi connectivity index (χ2v) is 5.49. The highest BCUT2D eigenvalue weighted by atomic mass is 16.8. The van der Waals surface area contributed by atoms with Crippen molar-refractivity contribution in [1.29, 1.82) is 0 Å². The van der Waals surface area contributed by atoms with E-state index in [2.05, 4.69) is 13.2 Å². The van der Waals surface area contributed by atoms with Crippen LogP contribution in [0.4, 0.5) is 0 Å². The van der Waals surface area contributed by atoms with Gasteiger partial charge in [-0.1, -0.05) is 13.2 Å². The van der Waals surface area contributed by atoms with Crippen molar-refractivity contribution in [3.63, 3.8) is 0 Å². The zero-order valence-corrected chi connectivity index (χ0v) is 13.3. The Hall–Kier alpha value is -1.33. The van der Waals surface area contributed by atoms with Gasteiger partial charge in [0.05, 0.1) is 12.9 Å². The summed E-state index contributed by atoms with van der Waals surface area (Å²) in [6, 6.07) is 0. The van der Waals surface area contributed by atoms with Crippen molar-refractivity contribution in [3.8, 4) is 0 Å². The van der Waals surface area contributed by atoms with E-state index in [1.54, 1.807) is 41.5 Å². The van der Waals surface area contributed by atoms with Gasteiger partial charge in [-0.3, -0.25) is 0 Å². The summed E-state index contributed by atoms with van der Waals surface area (Å²) in [7, 11) is 0. The number of hydrogen-bond donors (Lipinski definition) is 0. The molecule has 0 amide bonds. The molecule has 0 aliphatic heterocycles. The van der Waals surface area contributed by atoms with Crippen molar-refractivity contribution < 1.29 is 23.7 Å². The Kier molecular flexibility index (Phi) is 6.96. The lowest BCUT2D eigenvalue weighted by Gasteiger charge is -2.35. The first-order valence-electron chi connectivity index (χ1n) is 6.48. The Labute approximate surface area is 121 Å². The highest BCUT2D eigenvalue weighted by molar-refractivity contribution is 5.87. The van der Waals surface area contributed by atoms with E-state index in [1.165, 1.54) is 6.26 Å². The predicted molar refractivity (Wildman–Crippen MR) is 76.8 cm³/mol. The molecule has 0 N–H and O–H groups in total. The van der Waals surface area contributed by atoms with Crippen molar-refractivity contribution in [2.24, 2.45) is 0 Å². The molecule has 0 saturated heterocycles. The minimum absolute atomic E-state index is 0.205. The summed E-state index contributed by atoms with van der Waals surface area (Å²) in [4.78, 5) is 11.4. The Bertz CT molecular complexity index is 357. The Balaban J connectivity index is 4.31. The molecule has 116 valence electrons. The molecule has 0 aromatic rings. The first kappa shape index (κ1) is 18.7. The summed E-state index contributed by atoms with van der Waals surface area (Å²) < 4.78 is 21.7. The molecule has 0 aliphatic carbocycles. The fourth-order valence-corrected chi connectivity index (χ4v) is 1.48. The first-order valence-corrected chi connectivity index (χ1v) is 6.48. The first-order chi connectivity index (χ1) is 8.99. The predicted octanol–water partition coefficient (Wildman–Crippen LogP) is 3.16. The summed E-state index contributed by atoms with van der Waals surface area (Å²) >= 11 is 0. The van der Waals surface area contributed by atoms with Crippen LogP contribution >= 0.6 is 0 Å². The number of rotatable bonds is 9. The molecule has 5 heteroatoms. The quantitative estimate of drug-likeness (QED) is 0.282. The maximum absolute atomic E-state index is 11.4. The average molecular weight is 286 g/mol. The van der Waals surface area contributed by atoms with Gasteiger partial charge in [-0.25, -0.2) is 4.79 Å². The molecule has 0 heterocycles. The lowest BCUT2D eigenvalue weighted by atomic mass is 10.3. The van der Waals surface area contributed by atoms with Crippen molar-refractivity contribution in [2.75, 3.05) is 6.61 Å². The molecular formula is C15H26O5. The zero-order valence-electron chi connectivity index (χ0n) is 13.3. The molecule has 0 fully saturated rings. The topological polar surface area (TPSA) is 54.0 Å². The summed E-state index contributed by atoms with van der Waals surface area (Å²) in [6.45, 7) is 17.6. The molecule has 20 heavy (non-hydrogen) atoms. The van der Waals surface area contributed by atoms with Gasteiger partial charge in [-0.15, -0.1) is 0 Å². The van der Waals surface area contributed by atoms with Gasteiger partial charge in [-0.05, 0) is 27.7 Å². The van der Waals surface area contributed by atoms with Crippen LogP contribution in [0.1, 0.15) is 41.5 Å². The van der Waals surface area contributed by atoms with Crippen LogP contribution in [0.25, 0.3) is 0 Å². The Morgan fingerprint density at radius 2 is 1.80 bits per heavy atom. The zero-order chi connectivity index (χ0) is 16.0. The molecular weight excluding hydrogens is 260 g/mol. The number of ether oxygens (including phenoxy) is 4. The standard InChI is InChI=1S/C15H26O5/c1-9-17-14(5,6)20-15(7,8)18-10-12(4)19-13(16)11(2)3/h9,12H,1-2,10H2,3-8H3. The molecule has 0 aromatic carbocycles. The van der Waals surface area contributed by atoms with Crippen molar-refractivity contribution in [1.82, 2.24) is 0 Å². The number of carbonyl (C=O) groups excluding carboxylic acids is 1. The minimum Gasteiger partial charge on any atom is -0.471 e. The van der Waals surface area contributed by atoms with Crippen molar-refractivity contribution in [3.05, 3.63) is 25.0 Å². The molecule has 0 spiro atoms. The van der Waals surface area contributed by atoms with Crippen LogP contribution in [0.2, 0.25) is 0 Å². The summed E-state index contributed by atoms with van der Waals surface area (Å²) in [5, 5.41) is 0. The van der Waals surface area contributed by atoms with Crippen LogP contribution in [0.3, 0.4) is 0 Å². The SMILES string of the molecule is C=COC(C)(C)OC(C)(C)OCC(C)OC(=O)C(=C)C. The highest BCUT2D eigenvalue weighted by Gasteiger charge is 2.31. The van der Waals surface area contributed by atoms with Gasteiger partial charge in [0, 0.05) is 19.4 Å². The number of carbonyl (C=O) groups is 1. The second kappa shape index (κ2) is 7.45. The third kappa shape index (κ3) is 7.96. The van der Waals surface area contributed by atoms with E-state index in [0.717, 1.165) is 0 Å². The van der Waals surface area contributed by atoms with E-state index < -0.39 is 23.6 Å². The van der Waals surface area contributed by atoms with E-state index in [9.17, 15) is 4.79 Å². The maximum Gasteiger partial charge on any atom is 0.333 e. The molecule has 0 aliphatic rings. The van der Waals surface area contributed by atoms with Gasteiger partial charge in [0.15, 0.2) is 5.79 Å². The van der Waals surface area contributed by atoms with Crippen LogP contribution in [-0.4, -0.2) is 30.3 Å².